The van der Waals surface area contributed by atoms with Crippen molar-refractivity contribution < 1.29 is 14.3 Å². The maximum Gasteiger partial charge on any atom is 0.137 e. The molecule has 4 aliphatic carbocycles. The average molecular weight is 344 g/mol. The Hall–Kier alpha value is -0.700. The van der Waals surface area contributed by atoms with Gasteiger partial charge in [-0.05, 0) is 73.5 Å². The maximum atomic E-state index is 13.0. The second-order valence-electron chi connectivity index (χ2n) is 10.6. The molecule has 5 aliphatic rings. The quantitative estimate of drug-likeness (QED) is 0.670. The molecule has 0 unspecified atom stereocenters. The third-order valence-electron chi connectivity index (χ3n) is 9.62. The van der Waals surface area contributed by atoms with Gasteiger partial charge in [-0.2, -0.15) is 0 Å². The van der Waals surface area contributed by atoms with Gasteiger partial charge in [-0.15, -0.1) is 0 Å². The minimum atomic E-state index is 0.0147. The lowest BCUT2D eigenvalue weighted by Crippen LogP contribution is -2.57. The molecule has 0 bridgehead atoms. The molecule has 0 aromatic rings. The number of carbonyl (C=O) groups is 2. The maximum absolute atomic E-state index is 13.0. The van der Waals surface area contributed by atoms with Gasteiger partial charge < -0.3 is 4.74 Å². The fraction of sp³-hybridized carbons (Fsp3) is 0.909. The molecule has 0 amide bonds. The summed E-state index contributed by atoms with van der Waals surface area (Å²) >= 11 is 0. The summed E-state index contributed by atoms with van der Waals surface area (Å²) in [4.78, 5) is 25.0. The molecule has 8 atom stereocenters. The SMILES string of the molecule is C[C@]12CCC(=O)C[C@@H]1C(=O)C[C@H]1[C@H]2CC[C@@]2(C)[C@H]1CC[C@@H]2[C@]1(C)CO1. The van der Waals surface area contributed by atoms with Gasteiger partial charge in [-0.25, -0.2) is 0 Å². The Morgan fingerprint density at radius 1 is 0.920 bits per heavy atom. The van der Waals surface area contributed by atoms with Gasteiger partial charge in [0.05, 0.1) is 12.2 Å². The molecule has 0 aromatic carbocycles. The summed E-state index contributed by atoms with van der Waals surface area (Å²) in [6, 6.07) is 0. The summed E-state index contributed by atoms with van der Waals surface area (Å²) in [7, 11) is 0. The molecule has 0 aromatic heterocycles. The number of Topliss-reactive ketones (excluding diaryl/α,β-unsaturated/α-hetero) is 2. The van der Waals surface area contributed by atoms with E-state index in [0.29, 0.717) is 53.5 Å². The minimum absolute atomic E-state index is 0.0147. The summed E-state index contributed by atoms with van der Waals surface area (Å²) in [5.41, 5.74) is 0.534. The Morgan fingerprint density at radius 2 is 1.64 bits per heavy atom. The van der Waals surface area contributed by atoms with Crippen LogP contribution in [-0.4, -0.2) is 23.8 Å². The number of rotatable bonds is 1. The van der Waals surface area contributed by atoms with Crippen LogP contribution in [-0.2, 0) is 14.3 Å². The van der Waals surface area contributed by atoms with Crippen LogP contribution in [0.3, 0.4) is 0 Å². The molecule has 25 heavy (non-hydrogen) atoms. The molecule has 0 spiro atoms. The summed E-state index contributed by atoms with van der Waals surface area (Å²) < 4.78 is 5.86. The van der Waals surface area contributed by atoms with Crippen LogP contribution in [0.5, 0.6) is 0 Å². The Bertz CT molecular complexity index is 635. The van der Waals surface area contributed by atoms with Crippen molar-refractivity contribution in [2.75, 3.05) is 6.61 Å². The highest BCUT2D eigenvalue weighted by molar-refractivity contribution is 5.90. The molecule has 0 radical (unpaired) electrons. The fourth-order valence-corrected chi connectivity index (χ4v) is 8.15. The van der Waals surface area contributed by atoms with E-state index in [-0.39, 0.29) is 16.9 Å². The van der Waals surface area contributed by atoms with E-state index >= 15 is 0 Å². The fourth-order valence-electron chi connectivity index (χ4n) is 8.15. The van der Waals surface area contributed by atoms with Gasteiger partial charge in [0.25, 0.3) is 0 Å². The second kappa shape index (κ2) is 4.97. The number of ketones is 2. The Balaban J connectivity index is 1.48. The normalized spacial score (nSPS) is 57.6. The first-order valence-electron chi connectivity index (χ1n) is 10.5. The second-order valence-corrected chi connectivity index (χ2v) is 10.6. The molecule has 1 aliphatic heterocycles. The van der Waals surface area contributed by atoms with Crippen LogP contribution in [0.25, 0.3) is 0 Å². The predicted molar refractivity (Wildman–Crippen MR) is 95.0 cm³/mol. The molecule has 0 N–H and O–H groups in total. The summed E-state index contributed by atoms with van der Waals surface area (Å²) in [5, 5.41) is 0. The molecule has 3 heteroatoms. The van der Waals surface area contributed by atoms with Gasteiger partial charge in [-0.3, -0.25) is 9.59 Å². The van der Waals surface area contributed by atoms with Crippen LogP contribution in [0.1, 0.15) is 72.1 Å². The van der Waals surface area contributed by atoms with Gasteiger partial charge in [0, 0.05) is 25.2 Å². The Kier molecular flexibility index (Phi) is 3.27. The smallest absolute Gasteiger partial charge is 0.137 e. The van der Waals surface area contributed by atoms with Crippen LogP contribution >= 0.6 is 0 Å². The first kappa shape index (κ1) is 16.5. The summed E-state index contributed by atoms with van der Waals surface area (Å²) in [5.74, 6) is 3.27. The highest BCUT2D eigenvalue weighted by atomic mass is 16.6. The first-order valence-corrected chi connectivity index (χ1v) is 10.5. The van der Waals surface area contributed by atoms with E-state index in [1.54, 1.807) is 0 Å². The van der Waals surface area contributed by atoms with Gasteiger partial charge in [0.15, 0.2) is 0 Å². The van der Waals surface area contributed by atoms with Gasteiger partial charge >= 0.3 is 0 Å². The van der Waals surface area contributed by atoms with E-state index in [4.69, 9.17) is 4.74 Å². The highest BCUT2D eigenvalue weighted by Crippen LogP contribution is 2.69. The van der Waals surface area contributed by atoms with Crippen molar-refractivity contribution >= 4 is 11.6 Å². The van der Waals surface area contributed by atoms with Crippen LogP contribution in [0.4, 0.5) is 0 Å². The molecule has 5 rings (SSSR count). The standard InChI is InChI=1S/C22H32O3/c1-20-8-6-13(23)10-17(20)18(24)11-14-15-4-5-19(22(3)12-25-22)21(15,2)9-7-16(14)20/h14-17,19H,4-12H2,1-3H3/t14-,15+,16-,17-,19+,20-,21+,22+/m1/s1. The number of fused-ring (bicyclic) bond motifs is 5. The van der Waals surface area contributed by atoms with Gasteiger partial charge in [0.1, 0.15) is 11.6 Å². The number of carbonyl (C=O) groups excluding carboxylic acids is 2. The molecule has 1 saturated heterocycles. The lowest BCUT2D eigenvalue weighted by Gasteiger charge is -2.59. The van der Waals surface area contributed by atoms with Gasteiger partial charge in [0.2, 0.25) is 0 Å². The van der Waals surface area contributed by atoms with Crippen molar-refractivity contribution in [1.29, 1.82) is 0 Å². The molecular formula is C22H32O3. The van der Waals surface area contributed by atoms with Crippen LogP contribution in [0.15, 0.2) is 0 Å². The Morgan fingerprint density at radius 3 is 2.36 bits per heavy atom. The van der Waals surface area contributed by atoms with Gasteiger partial charge in [-0.1, -0.05) is 13.8 Å². The number of epoxide rings is 1. The van der Waals surface area contributed by atoms with E-state index in [1.807, 2.05) is 0 Å². The summed E-state index contributed by atoms with van der Waals surface area (Å²) in [6.07, 6.45) is 7.97. The monoisotopic (exact) mass is 344 g/mol. The lowest BCUT2D eigenvalue weighted by atomic mass is 9.44. The van der Waals surface area contributed by atoms with Crippen molar-refractivity contribution in [3.8, 4) is 0 Å². The number of hydrogen-bond donors (Lipinski definition) is 0. The first-order chi connectivity index (χ1) is 11.8. The van der Waals surface area contributed by atoms with E-state index in [9.17, 15) is 9.59 Å². The van der Waals surface area contributed by atoms with Crippen molar-refractivity contribution in [3.05, 3.63) is 0 Å². The summed E-state index contributed by atoms with van der Waals surface area (Å²) in [6.45, 7) is 8.07. The number of ether oxygens (including phenoxy) is 1. The minimum Gasteiger partial charge on any atom is -0.370 e. The van der Waals surface area contributed by atoms with Crippen LogP contribution < -0.4 is 0 Å². The molecule has 1 heterocycles. The van der Waals surface area contributed by atoms with Crippen molar-refractivity contribution in [2.45, 2.75) is 77.7 Å². The van der Waals surface area contributed by atoms with Crippen molar-refractivity contribution in [2.24, 2.45) is 40.4 Å². The molecule has 138 valence electrons. The lowest BCUT2D eigenvalue weighted by molar-refractivity contribution is -0.159. The Labute approximate surface area is 151 Å². The molecule has 5 fully saturated rings. The average Bonchev–Trinajstić information content (AvgIpc) is 3.18. The highest BCUT2D eigenvalue weighted by Gasteiger charge is 2.66. The van der Waals surface area contributed by atoms with Crippen molar-refractivity contribution in [1.82, 2.24) is 0 Å². The third kappa shape index (κ3) is 2.08. The van der Waals surface area contributed by atoms with Crippen LogP contribution in [0, 0.1) is 40.4 Å². The zero-order chi connectivity index (χ0) is 17.6. The third-order valence-corrected chi connectivity index (χ3v) is 9.62. The molecule has 3 nitrogen and oxygen atoms in total. The largest absolute Gasteiger partial charge is 0.370 e. The molecule has 4 saturated carbocycles. The zero-order valence-electron chi connectivity index (χ0n) is 16.0. The zero-order valence-corrected chi connectivity index (χ0v) is 16.0. The van der Waals surface area contributed by atoms with E-state index in [2.05, 4.69) is 20.8 Å². The predicted octanol–water partition coefficient (Wildman–Crippen LogP) is 4.18. The topological polar surface area (TPSA) is 46.7 Å². The number of hydrogen-bond acceptors (Lipinski definition) is 3. The van der Waals surface area contributed by atoms with E-state index < -0.39 is 0 Å². The molecular weight excluding hydrogens is 312 g/mol. The van der Waals surface area contributed by atoms with Crippen LogP contribution in [0.2, 0.25) is 0 Å². The van der Waals surface area contributed by atoms with E-state index in [1.165, 1.54) is 25.7 Å². The van der Waals surface area contributed by atoms with Crippen molar-refractivity contribution in [3.63, 3.8) is 0 Å². The van der Waals surface area contributed by atoms with E-state index in [0.717, 1.165) is 19.4 Å².